The van der Waals surface area contributed by atoms with Gasteiger partial charge in [-0.05, 0) is 32.9 Å². The van der Waals surface area contributed by atoms with Gasteiger partial charge in [-0.25, -0.2) is 14.0 Å². The van der Waals surface area contributed by atoms with Gasteiger partial charge < -0.3 is 38.9 Å². The molecule has 1 aromatic heterocycles. The number of hydrogen-bond donors (Lipinski definition) is 4. The zero-order valence-electron chi connectivity index (χ0n) is 22.2. The number of hydrogen-bond acceptors (Lipinski definition) is 11. The van der Waals surface area contributed by atoms with E-state index >= 15 is 4.39 Å². The fourth-order valence-electron chi connectivity index (χ4n) is 4.96. The number of aliphatic hydroxyl groups excluding tert-OH is 3. The van der Waals surface area contributed by atoms with Crippen LogP contribution in [0, 0.1) is 6.92 Å². The molecule has 0 bridgehead atoms. The monoisotopic (exact) mass is 598 g/mol. The maximum atomic E-state index is 15.7. The molecule has 12 nitrogen and oxygen atoms in total. The highest BCUT2D eigenvalue weighted by Crippen LogP contribution is 2.36. The van der Waals surface area contributed by atoms with E-state index in [1.807, 2.05) is 6.92 Å². The van der Waals surface area contributed by atoms with Crippen molar-refractivity contribution in [3.05, 3.63) is 22.1 Å². The largest absolute Gasteiger partial charge is 0.519 e. The molecular weight excluding hydrogens is 563 g/mol. The van der Waals surface area contributed by atoms with Crippen LogP contribution in [0.5, 0.6) is 0 Å². The molecule has 3 rings (SSSR count). The number of carbonyl (C=O) groups excluding carboxylic acids is 2. The van der Waals surface area contributed by atoms with E-state index < -0.39 is 77.4 Å². The van der Waals surface area contributed by atoms with Gasteiger partial charge >= 0.3 is 11.9 Å². The second-order valence-corrected chi connectivity index (χ2v) is 11.6. The zero-order valence-corrected chi connectivity index (χ0v) is 23.7. The standard InChI is InChI=1S/C24H36ClFN2O10S/c1-5-6-24(26)7-8-28(22(33)35-10-14-12(3)36-23(34)37-14)13(9-24)20(32)27-15(11(2)25)19-17(30)16(29)18(31)21(38-19)39-4/h11,13,15-19,21,29-31H,5-10H2,1-4H3,(H,27,32)/t11-,13-,15+,16-,17+,18+,19+,21+,24?/m0/s1. The highest BCUT2D eigenvalue weighted by atomic mass is 35.5. The fraction of sp³-hybridized carbons (Fsp3) is 0.792. The smallest absolute Gasteiger partial charge is 0.441 e. The Morgan fingerprint density at radius 2 is 1.97 bits per heavy atom. The number of likely N-dealkylation sites (tertiary alicyclic amines) is 1. The van der Waals surface area contributed by atoms with Gasteiger partial charge in [0.05, 0.1) is 11.4 Å². The molecule has 4 N–H and O–H groups in total. The molecule has 0 spiro atoms. The maximum Gasteiger partial charge on any atom is 0.519 e. The number of ether oxygens (including phenoxy) is 2. The summed E-state index contributed by atoms with van der Waals surface area (Å²) in [5, 5.41) is 33.0. The van der Waals surface area contributed by atoms with Crippen LogP contribution < -0.4 is 11.1 Å². The molecule has 0 aliphatic carbocycles. The average Bonchev–Trinajstić information content (AvgIpc) is 3.21. The van der Waals surface area contributed by atoms with E-state index in [2.05, 4.69) is 5.32 Å². The van der Waals surface area contributed by atoms with Crippen molar-refractivity contribution in [2.24, 2.45) is 0 Å². The van der Waals surface area contributed by atoms with Crippen LogP contribution in [0.1, 0.15) is 51.1 Å². The molecule has 1 aromatic rings. The number of nitrogens with zero attached hydrogens (tertiary/aromatic N) is 1. The van der Waals surface area contributed by atoms with Crippen molar-refractivity contribution in [1.82, 2.24) is 10.2 Å². The van der Waals surface area contributed by atoms with Crippen LogP contribution in [0.3, 0.4) is 0 Å². The van der Waals surface area contributed by atoms with E-state index in [1.165, 1.54) is 6.92 Å². The van der Waals surface area contributed by atoms with Crippen LogP contribution in [0.4, 0.5) is 9.18 Å². The van der Waals surface area contributed by atoms with Crippen LogP contribution in [0.25, 0.3) is 0 Å². The molecular formula is C24H36ClFN2O10S. The number of alkyl halides is 2. The Balaban J connectivity index is 1.81. The van der Waals surface area contributed by atoms with E-state index in [0.29, 0.717) is 6.42 Å². The number of thioether (sulfide) groups is 1. The molecule has 1 unspecified atom stereocenters. The fourth-order valence-corrected chi connectivity index (χ4v) is 5.85. The topological polar surface area (TPSA) is 172 Å². The highest BCUT2D eigenvalue weighted by Gasteiger charge is 2.50. The predicted molar refractivity (Wildman–Crippen MR) is 138 cm³/mol. The number of rotatable bonds is 9. The van der Waals surface area contributed by atoms with Crippen LogP contribution in [-0.2, 0) is 20.9 Å². The Labute approximate surface area is 234 Å². The highest BCUT2D eigenvalue weighted by molar-refractivity contribution is 7.99. The van der Waals surface area contributed by atoms with Gasteiger partial charge in [0.1, 0.15) is 41.6 Å². The van der Waals surface area contributed by atoms with Gasteiger partial charge in [0.25, 0.3) is 0 Å². The minimum absolute atomic E-state index is 0.000685. The number of nitrogens with one attached hydrogen (secondary N) is 1. The SMILES string of the molecule is CCCC1(F)CCN(C(=O)OCc2oc(=O)oc2C)[C@H](C(=O)N[C@@H]([C@H]2O[C@H](SC)[C@H](O)[C@@H](O)[C@H]2O)[C@H](C)Cl)C1. The summed E-state index contributed by atoms with van der Waals surface area (Å²) < 4.78 is 36.3. The Morgan fingerprint density at radius 3 is 2.54 bits per heavy atom. The molecule has 2 aliphatic rings. The molecule has 9 atom stereocenters. The Hall–Kier alpha value is -1.84. The molecule has 2 amide bonds. The van der Waals surface area contributed by atoms with E-state index in [1.54, 1.807) is 13.2 Å². The van der Waals surface area contributed by atoms with Crippen molar-refractivity contribution >= 4 is 35.4 Å². The van der Waals surface area contributed by atoms with Gasteiger partial charge in [0, 0.05) is 13.0 Å². The summed E-state index contributed by atoms with van der Waals surface area (Å²) in [5.74, 6) is -1.58. The number of halogens is 2. The first kappa shape index (κ1) is 31.7. The molecule has 0 radical (unpaired) electrons. The molecule has 0 saturated carbocycles. The zero-order chi connectivity index (χ0) is 29.1. The van der Waals surface area contributed by atoms with Gasteiger partial charge in [0.15, 0.2) is 18.1 Å². The van der Waals surface area contributed by atoms with Crippen LogP contribution in [0.2, 0.25) is 0 Å². The van der Waals surface area contributed by atoms with Gasteiger partial charge in [-0.1, -0.05) is 13.3 Å². The van der Waals surface area contributed by atoms with Crippen LogP contribution in [-0.4, -0.2) is 98.0 Å². The van der Waals surface area contributed by atoms with E-state index in [0.717, 1.165) is 16.7 Å². The summed E-state index contributed by atoms with van der Waals surface area (Å²) in [6.07, 6.45) is -4.65. The van der Waals surface area contributed by atoms with Crippen molar-refractivity contribution in [2.75, 3.05) is 12.8 Å². The van der Waals surface area contributed by atoms with E-state index in [-0.39, 0.29) is 37.3 Å². The van der Waals surface area contributed by atoms with Gasteiger partial charge in [-0.3, -0.25) is 9.69 Å². The van der Waals surface area contributed by atoms with Crippen molar-refractivity contribution in [3.63, 3.8) is 0 Å². The first-order valence-electron chi connectivity index (χ1n) is 12.7. The van der Waals surface area contributed by atoms with Gasteiger partial charge in [-0.2, -0.15) is 0 Å². The summed E-state index contributed by atoms with van der Waals surface area (Å²) in [7, 11) is 0. The number of piperidine rings is 1. The number of amides is 2. The third-order valence-electron chi connectivity index (χ3n) is 7.13. The third-order valence-corrected chi connectivity index (χ3v) is 8.26. The summed E-state index contributed by atoms with van der Waals surface area (Å²) >= 11 is 7.46. The minimum atomic E-state index is -1.71. The molecule has 0 aromatic carbocycles. The number of aliphatic hydroxyl groups is 3. The molecule has 2 fully saturated rings. The first-order valence-corrected chi connectivity index (χ1v) is 14.4. The lowest BCUT2D eigenvalue weighted by atomic mass is 9.84. The van der Waals surface area contributed by atoms with Crippen molar-refractivity contribution in [2.45, 2.75) is 106 Å². The van der Waals surface area contributed by atoms with Crippen molar-refractivity contribution in [3.8, 4) is 0 Å². The average molecular weight is 599 g/mol. The summed E-state index contributed by atoms with van der Waals surface area (Å²) in [6.45, 7) is 4.26. The van der Waals surface area contributed by atoms with Crippen molar-refractivity contribution in [1.29, 1.82) is 0 Å². The van der Waals surface area contributed by atoms with Crippen molar-refractivity contribution < 1.29 is 47.6 Å². The normalized spacial score (nSPS) is 32.9. The second-order valence-electron chi connectivity index (χ2n) is 9.94. The lowest BCUT2D eigenvalue weighted by Crippen LogP contribution is -2.66. The molecule has 2 aliphatic heterocycles. The molecule has 222 valence electrons. The third kappa shape index (κ3) is 7.27. The molecule has 15 heteroatoms. The lowest BCUT2D eigenvalue weighted by Gasteiger charge is -2.45. The maximum absolute atomic E-state index is 15.7. The Bertz CT molecular complexity index is 1050. The number of aryl methyl sites for hydroxylation is 1. The lowest BCUT2D eigenvalue weighted by molar-refractivity contribution is -0.205. The summed E-state index contributed by atoms with van der Waals surface area (Å²) in [6, 6.07) is -2.38. The molecule has 2 saturated heterocycles. The van der Waals surface area contributed by atoms with Crippen LogP contribution in [0.15, 0.2) is 13.6 Å². The summed E-state index contributed by atoms with van der Waals surface area (Å²) in [5.41, 5.74) is -2.62. The van der Waals surface area contributed by atoms with Crippen LogP contribution >= 0.6 is 23.4 Å². The quantitative estimate of drug-likeness (QED) is 0.303. The summed E-state index contributed by atoms with van der Waals surface area (Å²) in [4.78, 5) is 39.0. The van der Waals surface area contributed by atoms with E-state index in [4.69, 9.17) is 29.9 Å². The molecule has 3 heterocycles. The predicted octanol–water partition coefficient (Wildman–Crippen LogP) is 1.43. The Morgan fingerprint density at radius 1 is 1.28 bits per heavy atom. The van der Waals surface area contributed by atoms with Gasteiger partial charge in [-0.15, -0.1) is 23.4 Å². The van der Waals surface area contributed by atoms with E-state index in [9.17, 15) is 29.7 Å². The Kier molecular flexibility index (Phi) is 10.7. The second kappa shape index (κ2) is 13.2. The first-order chi connectivity index (χ1) is 18.3. The number of carbonyl (C=O) groups is 2. The van der Waals surface area contributed by atoms with Gasteiger partial charge in [0.2, 0.25) is 5.91 Å². The minimum Gasteiger partial charge on any atom is -0.441 e. The molecule has 39 heavy (non-hydrogen) atoms.